The van der Waals surface area contributed by atoms with Gasteiger partial charge < -0.3 is 10.6 Å². The smallest absolute Gasteiger partial charge is 0.239 e. The summed E-state index contributed by atoms with van der Waals surface area (Å²) in [5.41, 5.74) is 1.73. The van der Waals surface area contributed by atoms with Crippen LogP contribution in [-0.4, -0.2) is 49.9 Å². The minimum Gasteiger partial charge on any atom is -0.352 e. The van der Waals surface area contributed by atoms with Gasteiger partial charge in [-0.05, 0) is 37.1 Å². The number of carbonyl (C=O) groups excluding carboxylic acids is 2. The molecule has 8 nitrogen and oxygen atoms in total. The van der Waals surface area contributed by atoms with Crippen molar-refractivity contribution in [3.63, 3.8) is 0 Å². The lowest BCUT2D eigenvalue weighted by Gasteiger charge is -2.22. The van der Waals surface area contributed by atoms with Crippen molar-refractivity contribution in [1.29, 1.82) is 0 Å². The van der Waals surface area contributed by atoms with Crippen molar-refractivity contribution in [3.8, 4) is 17.1 Å². The van der Waals surface area contributed by atoms with E-state index in [0.717, 1.165) is 36.9 Å². The standard InChI is InChI=1S/C23H26N6O2S/c30-20(26-18-9-3-1-4-10-18)15-25-21(31)16-32-23-28-27-22(17-8-7-13-24-14-17)29(23)19-11-5-2-6-12-19/h2,5-8,11-14,18H,1,3-4,9-10,15-16H2,(H,25,31)(H,26,30). The first-order chi connectivity index (χ1) is 15.7. The molecule has 2 N–H and O–H groups in total. The van der Waals surface area contributed by atoms with E-state index in [-0.39, 0.29) is 30.2 Å². The van der Waals surface area contributed by atoms with E-state index in [9.17, 15) is 9.59 Å². The van der Waals surface area contributed by atoms with Crippen molar-refractivity contribution in [1.82, 2.24) is 30.4 Å². The Bertz CT molecular complexity index is 1040. The number of pyridine rings is 1. The third-order valence-corrected chi connectivity index (χ3v) is 6.25. The topological polar surface area (TPSA) is 102 Å². The van der Waals surface area contributed by atoms with Gasteiger partial charge in [-0.2, -0.15) is 0 Å². The van der Waals surface area contributed by atoms with E-state index < -0.39 is 0 Å². The maximum Gasteiger partial charge on any atom is 0.239 e. The molecule has 1 aliphatic rings. The molecule has 166 valence electrons. The van der Waals surface area contributed by atoms with E-state index in [1.165, 1.54) is 18.2 Å². The van der Waals surface area contributed by atoms with E-state index in [1.807, 2.05) is 47.0 Å². The highest BCUT2D eigenvalue weighted by Crippen LogP contribution is 2.27. The van der Waals surface area contributed by atoms with E-state index in [1.54, 1.807) is 12.4 Å². The maximum absolute atomic E-state index is 12.4. The first-order valence-corrected chi connectivity index (χ1v) is 11.8. The lowest BCUT2D eigenvalue weighted by atomic mass is 9.95. The summed E-state index contributed by atoms with van der Waals surface area (Å²) >= 11 is 1.28. The van der Waals surface area contributed by atoms with E-state index >= 15 is 0 Å². The van der Waals surface area contributed by atoms with Crippen molar-refractivity contribution >= 4 is 23.6 Å². The zero-order valence-corrected chi connectivity index (χ0v) is 18.6. The van der Waals surface area contributed by atoms with Crippen molar-refractivity contribution in [2.24, 2.45) is 0 Å². The molecule has 1 fully saturated rings. The molecular formula is C23H26N6O2S. The number of nitrogens with zero attached hydrogens (tertiary/aromatic N) is 4. The average molecular weight is 451 g/mol. The van der Waals surface area contributed by atoms with Gasteiger partial charge in [-0.1, -0.05) is 49.2 Å². The Balaban J connectivity index is 1.38. The van der Waals surface area contributed by atoms with Crippen molar-refractivity contribution in [2.45, 2.75) is 43.3 Å². The molecule has 0 saturated heterocycles. The minimum absolute atomic E-state index is 0.0117. The van der Waals surface area contributed by atoms with Crippen LogP contribution in [0, 0.1) is 0 Å². The van der Waals surface area contributed by atoms with Crippen molar-refractivity contribution in [3.05, 3.63) is 54.9 Å². The largest absolute Gasteiger partial charge is 0.352 e. The number of thioether (sulfide) groups is 1. The molecule has 0 aliphatic heterocycles. The van der Waals surface area contributed by atoms with Crippen molar-refractivity contribution < 1.29 is 9.59 Å². The highest BCUT2D eigenvalue weighted by molar-refractivity contribution is 7.99. The molecule has 2 aromatic heterocycles. The summed E-state index contributed by atoms with van der Waals surface area (Å²) in [6.45, 7) is -0.0117. The quantitative estimate of drug-likeness (QED) is 0.512. The summed E-state index contributed by atoms with van der Waals surface area (Å²) in [4.78, 5) is 28.7. The maximum atomic E-state index is 12.4. The zero-order chi connectivity index (χ0) is 22.2. The first-order valence-electron chi connectivity index (χ1n) is 10.8. The Morgan fingerprint density at radius 2 is 1.81 bits per heavy atom. The predicted molar refractivity (Wildman–Crippen MR) is 123 cm³/mol. The Kier molecular flexibility index (Phi) is 7.50. The van der Waals surface area contributed by atoms with Crippen LogP contribution in [0.4, 0.5) is 0 Å². The van der Waals surface area contributed by atoms with Crippen LogP contribution in [0.3, 0.4) is 0 Å². The van der Waals surface area contributed by atoms with Crippen LogP contribution in [0.25, 0.3) is 17.1 Å². The SMILES string of the molecule is O=C(CSc1nnc(-c2cccnc2)n1-c1ccccc1)NCC(=O)NC1CCCCC1. The number of hydrogen-bond donors (Lipinski definition) is 2. The second-order valence-corrected chi connectivity index (χ2v) is 8.63. The predicted octanol–water partition coefficient (Wildman–Crippen LogP) is 2.99. The average Bonchev–Trinajstić information content (AvgIpc) is 3.27. The number of benzene rings is 1. The van der Waals surface area contributed by atoms with Crippen LogP contribution < -0.4 is 10.6 Å². The van der Waals surface area contributed by atoms with Gasteiger partial charge in [0.2, 0.25) is 11.8 Å². The normalized spacial score (nSPS) is 14.1. The van der Waals surface area contributed by atoms with Crippen molar-refractivity contribution in [2.75, 3.05) is 12.3 Å². The molecule has 0 bridgehead atoms. The minimum atomic E-state index is -0.223. The molecule has 4 rings (SSSR count). The molecule has 32 heavy (non-hydrogen) atoms. The van der Waals surface area contributed by atoms with Crippen LogP contribution in [0.2, 0.25) is 0 Å². The summed E-state index contributed by atoms with van der Waals surface area (Å²) in [5.74, 6) is 0.425. The van der Waals surface area contributed by atoms with Gasteiger partial charge in [0.1, 0.15) is 0 Å². The second-order valence-electron chi connectivity index (χ2n) is 7.69. The van der Waals surface area contributed by atoms with Crippen LogP contribution in [0.1, 0.15) is 32.1 Å². The van der Waals surface area contributed by atoms with Crippen LogP contribution >= 0.6 is 11.8 Å². The van der Waals surface area contributed by atoms with E-state index in [2.05, 4.69) is 25.8 Å². The molecular weight excluding hydrogens is 424 g/mol. The summed E-state index contributed by atoms with van der Waals surface area (Å²) in [5, 5.41) is 14.9. The molecule has 0 radical (unpaired) electrons. The molecule has 1 aliphatic carbocycles. The molecule has 2 heterocycles. The fourth-order valence-corrected chi connectivity index (χ4v) is 4.52. The van der Waals surface area contributed by atoms with E-state index in [4.69, 9.17) is 0 Å². The molecule has 1 saturated carbocycles. The highest BCUT2D eigenvalue weighted by Gasteiger charge is 2.18. The fourth-order valence-electron chi connectivity index (χ4n) is 3.74. The summed E-state index contributed by atoms with van der Waals surface area (Å²) in [6, 6.07) is 13.7. The van der Waals surface area contributed by atoms with Gasteiger partial charge in [0.15, 0.2) is 11.0 Å². The fraction of sp³-hybridized carbons (Fsp3) is 0.348. The Hall–Kier alpha value is -3.20. The van der Waals surface area contributed by atoms with Gasteiger partial charge in [0.25, 0.3) is 0 Å². The summed E-state index contributed by atoms with van der Waals surface area (Å²) in [7, 11) is 0. The van der Waals surface area contributed by atoms with Gasteiger partial charge in [-0.25, -0.2) is 0 Å². The second kappa shape index (κ2) is 10.9. The number of nitrogens with one attached hydrogen (secondary N) is 2. The van der Waals surface area contributed by atoms with Gasteiger partial charge >= 0.3 is 0 Å². The monoisotopic (exact) mass is 450 g/mol. The molecule has 2 amide bonds. The van der Waals surface area contributed by atoms with Gasteiger partial charge in [-0.3, -0.25) is 19.1 Å². The Morgan fingerprint density at radius 3 is 2.56 bits per heavy atom. The van der Waals surface area contributed by atoms with Crippen LogP contribution in [-0.2, 0) is 9.59 Å². The molecule has 9 heteroatoms. The number of para-hydroxylation sites is 1. The molecule has 3 aromatic rings. The summed E-state index contributed by atoms with van der Waals surface area (Å²) < 4.78 is 1.91. The number of hydrogen-bond acceptors (Lipinski definition) is 6. The van der Waals surface area contributed by atoms with Gasteiger partial charge in [-0.15, -0.1) is 10.2 Å². The summed E-state index contributed by atoms with van der Waals surface area (Å²) in [6.07, 6.45) is 9.01. The number of aromatic nitrogens is 4. The van der Waals surface area contributed by atoms with Crippen LogP contribution in [0.15, 0.2) is 60.0 Å². The van der Waals surface area contributed by atoms with E-state index in [0.29, 0.717) is 11.0 Å². The molecule has 0 unspecified atom stereocenters. The first kappa shape index (κ1) is 22.0. The molecule has 1 aromatic carbocycles. The molecule has 0 spiro atoms. The third kappa shape index (κ3) is 5.73. The van der Waals surface area contributed by atoms with Crippen LogP contribution in [0.5, 0.6) is 0 Å². The van der Waals surface area contributed by atoms with Gasteiger partial charge in [0.05, 0.1) is 12.3 Å². The number of amides is 2. The number of rotatable bonds is 8. The lowest BCUT2D eigenvalue weighted by Crippen LogP contribution is -2.43. The highest BCUT2D eigenvalue weighted by atomic mass is 32.2. The van der Waals surface area contributed by atoms with Gasteiger partial charge in [0, 0.05) is 29.7 Å². The molecule has 0 atom stereocenters. The Morgan fingerprint density at radius 1 is 1.00 bits per heavy atom. The number of carbonyl (C=O) groups is 2. The zero-order valence-electron chi connectivity index (χ0n) is 17.7. The third-order valence-electron chi connectivity index (χ3n) is 5.32. The lowest BCUT2D eigenvalue weighted by molar-refractivity contribution is -0.125. The Labute approximate surface area is 191 Å².